The van der Waals surface area contributed by atoms with Crippen molar-refractivity contribution in [2.75, 3.05) is 13.2 Å². The van der Waals surface area contributed by atoms with E-state index in [0.717, 1.165) is 31.3 Å². The molecule has 4 atom stereocenters. The van der Waals surface area contributed by atoms with E-state index in [1.807, 2.05) is 0 Å². The molecule has 3 aliphatic rings. The maximum atomic E-state index is 11.3. The van der Waals surface area contributed by atoms with Crippen molar-refractivity contribution in [1.82, 2.24) is 0 Å². The molecule has 4 unspecified atom stereocenters. The predicted octanol–water partition coefficient (Wildman–Crippen LogP) is 4.02. The van der Waals surface area contributed by atoms with Crippen molar-refractivity contribution < 1.29 is 14.6 Å². The number of rotatable bonds is 4. The Morgan fingerprint density at radius 2 is 2.17 bits per heavy atom. The van der Waals surface area contributed by atoms with Crippen molar-refractivity contribution in [2.24, 2.45) is 22.7 Å². The third kappa shape index (κ3) is 2.67. The second kappa shape index (κ2) is 6.08. The summed E-state index contributed by atoms with van der Waals surface area (Å²) < 4.78 is 5.05. The van der Waals surface area contributed by atoms with E-state index in [0.29, 0.717) is 18.4 Å². The molecule has 0 bridgehead atoms. The molecular weight excluding hydrogens is 288 g/mol. The van der Waals surface area contributed by atoms with Gasteiger partial charge in [-0.3, -0.25) is 0 Å². The Morgan fingerprint density at radius 3 is 2.83 bits per heavy atom. The first-order chi connectivity index (χ1) is 10.9. The lowest BCUT2D eigenvalue weighted by molar-refractivity contribution is -0.134. The molecule has 0 radical (unpaired) electrons. The lowest BCUT2D eigenvalue weighted by Crippen LogP contribution is -2.52. The smallest absolute Gasteiger partial charge is 0.331 e. The number of aliphatic hydroxyl groups is 1. The molecule has 0 amide bonds. The molecule has 3 nitrogen and oxygen atoms in total. The molecule has 0 aromatic heterocycles. The topological polar surface area (TPSA) is 46.5 Å². The number of aliphatic hydroxyl groups excluding tert-OH is 1. The van der Waals surface area contributed by atoms with Gasteiger partial charge in [-0.2, -0.15) is 0 Å². The molecule has 1 aliphatic heterocycles. The van der Waals surface area contributed by atoms with Crippen molar-refractivity contribution in [1.29, 1.82) is 0 Å². The van der Waals surface area contributed by atoms with Crippen LogP contribution in [0.2, 0.25) is 0 Å². The van der Waals surface area contributed by atoms with E-state index in [1.165, 1.54) is 18.4 Å². The highest BCUT2D eigenvalue weighted by molar-refractivity contribution is 5.85. The fraction of sp³-hybridized carbons (Fsp3) is 0.750. The Hall–Kier alpha value is -1.09. The van der Waals surface area contributed by atoms with Gasteiger partial charge in [-0.25, -0.2) is 4.79 Å². The summed E-state index contributed by atoms with van der Waals surface area (Å²) in [6.07, 6.45) is 10.6. The van der Waals surface area contributed by atoms with Gasteiger partial charge in [0.1, 0.15) is 6.61 Å². The lowest BCUT2D eigenvalue weighted by Gasteiger charge is -2.58. The van der Waals surface area contributed by atoms with Gasteiger partial charge >= 0.3 is 5.97 Å². The molecule has 0 aromatic carbocycles. The number of esters is 1. The highest BCUT2D eigenvalue weighted by atomic mass is 16.5. The van der Waals surface area contributed by atoms with Gasteiger partial charge < -0.3 is 9.84 Å². The minimum Gasteiger partial charge on any atom is -0.458 e. The van der Waals surface area contributed by atoms with Crippen LogP contribution in [-0.4, -0.2) is 24.3 Å². The maximum absolute atomic E-state index is 11.3. The average Bonchev–Trinajstić information content (AvgIpc) is 2.96. The van der Waals surface area contributed by atoms with E-state index >= 15 is 0 Å². The van der Waals surface area contributed by atoms with Crippen LogP contribution in [0.3, 0.4) is 0 Å². The number of allylic oxidation sites excluding steroid dienone is 1. The molecule has 0 aromatic rings. The molecule has 2 aliphatic carbocycles. The Morgan fingerprint density at radius 1 is 1.39 bits per heavy atom. The van der Waals surface area contributed by atoms with E-state index in [4.69, 9.17) is 4.74 Å². The van der Waals surface area contributed by atoms with Crippen molar-refractivity contribution in [2.45, 2.75) is 59.3 Å². The van der Waals surface area contributed by atoms with Gasteiger partial charge in [0.05, 0.1) is 6.61 Å². The summed E-state index contributed by atoms with van der Waals surface area (Å²) in [6.45, 7) is 7.75. The number of fused-ring (bicyclic) bond motifs is 1. The van der Waals surface area contributed by atoms with Gasteiger partial charge in [0.2, 0.25) is 0 Å². The molecule has 1 heterocycles. The molecule has 3 rings (SSSR count). The zero-order chi connectivity index (χ0) is 16.7. The number of carbonyl (C=O) groups is 1. The van der Waals surface area contributed by atoms with Gasteiger partial charge in [-0.1, -0.05) is 25.5 Å². The van der Waals surface area contributed by atoms with Crippen LogP contribution in [0.5, 0.6) is 0 Å². The third-order valence-electron chi connectivity index (χ3n) is 7.29. The molecule has 1 N–H and O–H groups in total. The van der Waals surface area contributed by atoms with Crippen molar-refractivity contribution in [3.05, 3.63) is 23.3 Å². The normalized spacial score (nSPS) is 40.3. The van der Waals surface area contributed by atoms with E-state index in [2.05, 4.69) is 26.8 Å². The number of cyclic esters (lactones) is 1. The van der Waals surface area contributed by atoms with Crippen LogP contribution in [0.4, 0.5) is 0 Å². The lowest BCUT2D eigenvalue weighted by atomic mass is 9.46. The van der Waals surface area contributed by atoms with E-state index in [-0.39, 0.29) is 23.4 Å². The number of hydrogen-bond donors (Lipinski definition) is 1. The summed E-state index contributed by atoms with van der Waals surface area (Å²) in [5.74, 6) is 0.993. The summed E-state index contributed by atoms with van der Waals surface area (Å²) in [4.78, 5) is 11.3. The van der Waals surface area contributed by atoms with Crippen LogP contribution in [0.25, 0.3) is 0 Å². The van der Waals surface area contributed by atoms with Crippen molar-refractivity contribution in [3.63, 3.8) is 0 Å². The fourth-order valence-electron chi connectivity index (χ4n) is 5.42. The molecule has 23 heavy (non-hydrogen) atoms. The summed E-state index contributed by atoms with van der Waals surface area (Å²) in [5, 5.41) is 10.3. The van der Waals surface area contributed by atoms with Crippen LogP contribution in [0, 0.1) is 22.7 Å². The first kappa shape index (κ1) is 16.8. The van der Waals surface area contributed by atoms with Gasteiger partial charge in [-0.15, -0.1) is 0 Å². The van der Waals surface area contributed by atoms with Crippen LogP contribution in [-0.2, 0) is 9.53 Å². The minimum absolute atomic E-state index is 0.0180. The van der Waals surface area contributed by atoms with Gasteiger partial charge in [0, 0.05) is 11.5 Å². The molecule has 0 saturated heterocycles. The first-order valence-electron chi connectivity index (χ1n) is 9.07. The average molecular weight is 318 g/mol. The molecule has 1 fully saturated rings. The number of carbonyl (C=O) groups excluding carboxylic acids is 1. The Labute approximate surface area is 139 Å². The quantitative estimate of drug-likeness (QED) is 0.629. The minimum atomic E-state index is -0.192. The van der Waals surface area contributed by atoms with Crippen molar-refractivity contribution in [3.8, 4) is 0 Å². The fourth-order valence-corrected chi connectivity index (χ4v) is 5.42. The van der Waals surface area contributed by atoms with Crippen LogP contribution in [0.15, 0.2) is 23.3 Å². The standard InChI is InChI=1S/C20H30O3/c1-14-7-10-20(13-21)15(2)5-4-6-17(20)19(14,3)9-8-16-11-18(22)23-12-16/h5,11,14,17,21H,4,6-10,12-13H2,1-3H3. The number of hydrogen-bond acceptors (Lipinski definition) is 3. The summed E-state index contributed by atoms with van der Waals surface area (Å²) in [7, 11) is 0. The van der Waals surface area contributed by atoms with Crippen LogP contribution >= 0.6 is 0 Å². The largest absolute Gasteiger partial charge is 0.458 e. The SMILES string of the molecule is CC1=CCCC2C1(CO)CCC(C)C2(C)CCC1=CC(=O)OC1. The van der Waals surface area contributed by atoms with E-state index in [1.54, 1.807) is 6.08 Å². The van der Waals surface area contributed by atoms with Gasteiger partial charge in [-0.05, 0) is 68.3 Å². The third-order valence-corrected chi connectivity index (χ3v) is 7.29. The van der Waals surface area contributed by atoms with Crippen LogP contribution < -0.4 is 0 Å². The van der Waals surface area contributed by atoms with Crippen molar-refractivity contribution >= 4 is 5.97 Å². The molecule has 3 heteroatoms. The Balaban J connectivity index is 1.84. The Bertz CT molecular complexity index is 547. The second-order valence-corrected chi connectivity index (χ2v) is 8.19. The maximum Gasteiger partial charge on any atom is 0.331 e. The van der Waals surface area contributed by atoms with E-state index < -0.39 is 0 Å². The van der Waals surface area contributed by atoms with Gasteiger partial charge in [0.25, 0.3) is 0 Å². The first-order valence-corrected chi connectivity index (χ1v) is 9.07. The van der Waals surface area contributed by atoms with Gasteiger partial charge in [0.15, 0.2) is 0 Å². The molecule has 128 valence electrons. The van der Waals surface area contributed by atoms with E-state index in [9.17, 15) is 9.90 Å². The highest BCUT2D eigenvalue weighted by Gasteiger charge is 2.54. The second-order valence-electron chi connectivity index (χ2n) is 8.19. The zero-order valence-electron chi connectivity index (χ0n) is 14.7. The zero-order valence-corrected chi connectivity index (χ0v) is 14.7. The summed E-state index contributed by atoms with van der Waals surface area (Å²) in [6, 6.07) is 0. The highest BCUT2D eigenvalue weighted by Crippen LogP contribution is 2.61. The summed E-state index contributed by atoms with van der Waals surface area (Å²) >= 11 is 0. The van der Waals surface area contributed by atoms with Crippen LogP contribution in [0.1, 0.15) is 59.3 Å². The molecule has 1 saturated carbocycles. The predicted molar refractivity (Wildman–Crippen MR) is 90.8 cm³/mol. The monoisotopic (exact) mass is 318 g/mol. The Kier molecular flexibility index (Phi) is 4.43. The molecule has 0 spiro atoms. The molecular formula is C20H30O3. The summed E-state index contributed by atoms with van der Waals surface area (Å²) in [5.41, 5.74) is 2.72. The number of ether oxygens (including phenoxy) is 1.